The number of likely N-dealkylation sites (N-methyl/N-ethyl adjacent to an activating group) is 1. The van der Waals surface area contributed by atoms with Gasteiger partial charge in [-0.05, 0) is 68.8 Å². The van der Waals surface area contributed by atoms with E-state index in [0.717, 1.165) is 37.2 Å². The van der Waals surface area contributed by atoms with Crippen molar-refractivity contribution in [3.8, 4) is 17.2 Å². The predicted octanol–water partition coefficient (Wildman–Crippen LogP) is 4.45. The van der Waals surface area contributed by atoms with E-state index in [0.29, 0.717) is 49.1 Å². The van der Waals surface area contributed by atoms with Crippen LogP contribution in [0.1, 0.15) is 56.5 Å². The number of aliphatic hydroxyl groups excluding tert-OH is 1. The van der Waals surface area contributed by atoms with Gasteiger partial charge in [-0.1, -0.05) is 20.8 Å². The van der Waals surface area contributed by atoms with Crippen LogP contribution >= 0.6 is 0 Å². The van der Waals surface area contributed by atoms with Crippen LogP contribution in [-0.4, -0.2) is 79.7 Å². The number of methoxy groups -OCH3 is 1. The zero-order valence-corrected chi connectivity index (χ0v) is 22.3. The fraction of sp³-hybridized carbons (Fsp3) is 0.500. The van der Waals surface area contributed by atoms with Gasteiger partial charge in [-0.25, -0.2) is 5.01 Å². The molecule has 198 valence electrons. The lowest BCUT2D eigenvalue weighted by molar-refractivity contribution is 0.0751. The van der Waals surface area contributed by atoms with Crippen molar-refractivity contribution in [3.05, 3.63) is 53.6 Å². The molecule has 8 heteroatoms. The quantitative estimate of drug-likeness (QED) is 0.464. The molecule has 1 amide bonds. The highest BCUT2D eigenvalue weighted by Gasteiger charge is 2.21. The lowest BCUT2D eigenvalue weighted by Gasteiger charge is -2.24. The molecule has 2 aromatic rings. The molecule has 8 nitrogen and oxygen atoms in total. The van der Waals surface area contributed by atoms with E-state index in [1.807, 2.05) is 51.1 Å². The minimum Gasteiger partial charge on any atom is -0.493 e. The minimum atomic E-state index is -0.137. The summed E-state index contributed by atoms with van der Waals surface area (Å²) in [5, 5.41) is 15.3. The Kier molecular flexibility index (Phi) is 12.8. The number of aliphatic hydroxyl groups is 1. The van der Waals surface area contributed by atoms with E-state index < -0.39 is 0 Å². The van der Waals surface area contributed by atoms with Crippen LogP contribution in [0.2, 0.25) is 0 Å². The Morgan fingerprint density at radius 3 is 2.44 bits per heavy atom. The molecule has 3 rings (SSSR count). The molecule has 0 aliphatic carbocycles. The van der Waals surface area contributed by atoms with Gasteiger partial charge >= 0.3 is 0 Å². The Morgan fingerprint density at radius 2 is 1.81 bits per heavy atom. The molecule has 36 heavy (non-hydrogen) atoms. The molecule has 1 aliphatic rings. The summed E-state index contributed by atoms with van der Waals surface area (Å²) in [5.74, 6) is 1.92. The van der Waals surface area contributed by atoms with Gasteiger partial charge in [0.15, 0.2) is 11.5 Å². The summed E-state index contributed by atoms with van der Waals surface area (Å²) in [7, 11) is 1.61. The van der Waals surface area contributed by atoms with Crippen molar-refractivity contribution < 1.29 is 24.1 Å². The smallest absolute Gasteiger partial charge is 0.273 e. The summed E-state index contributed by atoms with van der Waals surface area (Å²) in [6.07, 6.45) is 1.63. The van der Waals surface area contributed by atoms with Crippen LogP contribution in [0.25, 0.3) is 0 Å². The van der Waals surface area contributed by atoms with Crippen molar-refractivity contribution in [2.24, 2.45) is 5.10 Å². The number of ether oxygens (including phenoxy) is 3. The molecule has 2 aromatic carbocycles. The minimum absolute atomic E-state index is 0.136. The number of carbonyl (C=O) groups excluding carboxylic acids is 1. The molecular weight excluding hydrogens is 458 g/mol. The first-order valence-corrected chi connectivity index (χ1v) is 12.9. The summed E-state index contributed by atoms with van der Waals surface area (Å²) in [6.45, 7) is 12.0. The van der Waals surface area contributed by atoms with Crippen molar-refractivity contribution in [1.29, 1.82) is 0 Å². The van der Waals surface area contributed by atoms with Gasteiger partial charge in [0.25, 0.3) is 5.91 Å². The molecule has 0 fully saturated rings. The van der Waals surface area contributed by atoms with Gasteiger partial charge in [-0.3, -0.25) is 9.69 Å². The molecule has 0 bridgehead atoms. The van der Waals surface area contributed by atoms with Gasteiger partial charge in [0.05, 0.1) is 26.0 Å². The van der Waals surface area contributed by atoms with E-state index in [4.69, 9.17) is 19.3 Å². The molecule has 1 N–H and O–H groups in total. The van der Waals surface area contributed by atoms with Crippen molar-refractivity contribution in [3.63, 3.8) is 0 Å². The summed E-state index contributed by atoms with van der Waals surface area (Å²) in [5.41, 5.74) is 2.34. The molecule has 0 spiro atoms. The summed E-state index contributed by atoms with van der Waals surface area (Å²) in [6, 6.07) is 12.9. The Morgan fingerprint density at radius 1 is 1.06 bits per heavy atom. The third-order valence-corrected chi connectivity index (χ3v) is 5.70. The number of rotatable bonds is 12. The van der Waals surface area contributed by atoms with Gasteiger partial charge in [-0.15, -0.1) is 0 Å². The topological polar surface area (TPSA) is 83.8 Å². The van der Waals surface area contributed by atoms with Gasteiger partial charge in [0.2, 0.25) is 0 Å². The van der Waals surface area contributed by atoms with Crippen LogP contribution in [0, 0.1) is 0 Å². The number of carbonyl (C=O) groups is 1. The van der Waals surface area contributed by atoms with Crippen molar-refractivity contribution >= 4 is 11.6 Å². The maximum atomic E-state index is 13.1. The standard InChI is InChI=1S/C26H35N3O5.C2H6/c1-4-28(15-17-30)16-18-34-22-11-8-20(9-12-22)26(31)29-14-6-7-23(27-29)21-10-13-24(32-3)25(19-21)33-5-2;1-2/h8-13,19,30H,4-7,14-18H2,1-3H3;1-2H3. The SMILES string of the molecule is CC.CCOc1cc(C2=NN(C(=O)c3ccc(OCCN(CC)CCO)cc3)CCC2)ccc1OC. The van der Waals surface area contributed by atoms with E-state index >= 15 is 0 Å². The third kappa shape index (κ3) is 8.24. The predicted molar refractivity (Wildman–Crippen MR) is 143 cm³/mol. The second kappa shape index (κ2) is 15.8. The van der Waals surface area contributed by atoms with E-state index in [-0.39, 0.29) is 12.5 Å². The summed E-state index contributed by atoms with van der Waals surface area (Å²) in [4.78, 5) is 15.2. The molecule has 0 atom stereocenters. The fourth-order valence-electron chi connectivity index (χ4n) is 3.82. The molecule has 1 heterocycles. The number of hydrogen-bond donors (Lipinski definition) is 1. The lowest BCUT2D eigenvalue weighted by atomic mass is 10.0. The molecule has 0 aromatic heterocycles. The molecule has 1 aliphatic heterocycles. The summed E-state index contributed by atoms with van der Waals surface area (Å²) >= 11 is 0. The van der Waals surface area contributed by atoms with Crippen LogP contribution < -0.4 is 14.2 Å². The monoisotopic (exact) mass is 499 g/mol. The average Bonchev–Trinajstić information content (AvgIpc) is 2.94. The zero-order chi connectivity index (χ0) is 26.3. The average molecular weight is 500 g/mol. The maximum Gasteiger partial charge on any atom is 0.273 e. The fourth-order valence-corrected chi connectivity index (χ4v) is 3.82. The Balaban J connectivity index is 0.00000222. The molecule has 0 saturated carbocycles. The molecule has 0 saturated heterocycles. The number of hydrazone groups is 1. The van der Waals surface area contributed by atoms with Crippen molar-refractivity contribution in [2.45, 2.75) is 40.5 Å². The van der Waals surface area contributed by atoms with E-state index in [9.17, 15) is 4.79 Å². The number of hydrogen-bond acceptors (Lipinski definition) is 7. The van der Waals surface area contributed by atoms with Crippen LogP contribution in [0.3, 0.4) is 0 Å². The largest absolute Gasteiger partial charge is 0.493 e. The normalized spacial score (nSPS) is 13.0. The highest BCUT2D eigenvalue weighted by Crippen LogP contribution is 2.29. The molecule has 0 radical (unpaired) electrons. The van der Waals surface area contributed by atoms with Crippen LogP contribution in [0.15, 0.2) is 47.6 Å². The van der Waals surface area contributed by atoms with Crippen LogP contribution in [0.4, 0.5) is 0 Å². The number of nitrogens with zero attached hydrogens (tertiary/aromatic N) is 3. The second-order valence-corrected chi connectivity index (χ2v) is 7.91. The van der Waals surface area contributed by atoms with Crippen LogP contribution in [-0.2, 0) is 0 Å². The zero-order valence-electron chi connectivity index (χ0n) is 22.3. The van der Waals surface area contributed by atoms with E-state index in [1.54, 1.807) is 19.2 Å². The highest BCUT2D eigenvalue weighted by atomic mass is 16.5. The van der Waals surface area contributed by atoms with E-state index in [2.05, 4.69) is 16.9 Å². The number of amides is 1. The maximum absolute atomic E-state index is 13.1. The van der Waals surface area contributed by atoms with Crippen molar-refractivity contribution in [1.82, 2.24) is 9.91 Å². The first-order chi connectivity index (χ1) is 17.6. The van der Waals surface area contributed by atoms with Crippen LogP contribution in [0.5, 0.6) is 17.2 Å². The second-order valence-electron chi connectivity index (χ2n) is 7.91. The van der Waals surface area contributed by atoms with Crippen molar-refractivity contribution in [2.75, 3.05) is 53.1 Å². The third-order valence-electron chi connectivity index (χ3n) is 5.70. The molecular formula is C28H41N3O5. The summed E-state index contributed by atoms with van der Waals surface area (Å²) < 4.78 is 16.8. The first-order valence-electron chi connectivity index (χ1n) is 12.9. The van der Waals surface area contributed by atoms with Gasteiger partial charge in [-0.2, -0.15) is 5.10 Å². The highest BCUT2D eigenvalue weighted by molar-refractivity contribution is 6.03. The lowest BCUT2D eigenvalue weighted by Crippen LogP contribution is -2.32. The van der Waals surface area contributed by atoms with Gasteiger partial charge in [0, 0.05) is 30.8 Å². The first kappa shape index (κ1) is 29.1. The Bertz CT molecular complexity index is 962. The molecule has 0 unspecified atom stereocenters. The Labute approximate surface area is 215 Å². The number of benzene rings is 2. The van der Waals surface area contributed by atoms with Gasteiger partial charge < -0.3 is 19.3 Å². The Hall–Kier alpha value is -3.10. The van der Waals surface area contributed by atoms with E-state index in [1.165, 1.54) is 5.01 Å². The van der Waals surface area contributed by atoms with Gasteiger partial charge in [0.1, 0.15) is 12.4 Å².